The predicted octanol–water partition coefficient (Wildman–Crippen LogP) is 0.450. The second-order valence-electron chi connectivity index (χ2n) is 2.89. The van der Waals surface area contributed by atoms with Gasteiger partial charge in [-0.25, -0.2) is 8.42 Å². The van der Waals surface area contributed by atoms with Crippen LogP contribution in [0.1, 0.15) is 13.8 Å². The lowest BCUT2D eigenvalue weighted by Gasteiger charge is -2.18. The first-order chi connectivity index (χ1) is 5.25. The van der Waals surface area contributed by atoms with E-state index in [4.69, 9.17) is 5.11 Å². The highest BCUT2D eigenvalue weighted by atomic mass is 32.2. The molecule has 70 valence electrons. The molecule has 0 aromatic rings. The summed E-state index contributed by atoms with van der Waals surface area (Å²) in [6, 6.07) is 0. The number of carboxylic acid groups (broad SMARTS) is 1. The molecule has 0 aliphatic carbocycles. The Labute approximate surface area is 71.8 Å². The van der Waals surface area contributed by atoms with Crippen LogP contribution in [0, 0.1) is 0 Å². The number of sulfone groups is 1. The molecule has 0 unspecified atom stereocenters. The van der Waals surface area contributed by atoms with Gasteiger partial charge in [0, 0.05) is 0 Å². The Morgan fingerprint density at radius 1 is 1.58 bits per heavy atom. The lowest BCUT2D eigenvalue weighted by atomic mass is 10.2. The zero-order valence-corrected chi connectivity index (χ0v) is 7.89. The minimum Gasteiger partial charge on any atom is -0.480 e. The molecule has 0 spiro atoms. The van der Waals surface area contributed by atoms with Crippen LogP contribution in [0.5, 0.6) is 0 Å². The first-order valence-electron chi connectivity index (χ1n) is 3.32. The van der Waals surface area contributed by atoms with Crippen LogP contribution < -0.4 is 0 Å². The molecular formula is C7H12O4S. The molecule has 0 fully saturated rings. The van der Waals surface area contributed by atoms with Crippen molar-refractivity contribution in [1.82, 2.24) is 0 Å². The number of carboxylic acids is 1. The maximum absolute atomic E-state index is 11.2. The van der Waals surface area contributed by atoms with Crippen LogP contribution in [-0.2, 0) is 14.6 Å². The minimum absolute atomic E-state index is 0.313. The van der Waals surface area contributed by atoms with Gasteiger partial charge in [-0.15, -0.1) is 6.58 Å². The molecule has 0 heterocycles. The molecule has 0 rings (SSSR count). The first kappa shape index (κ1) is 11.2. The van der Waals surface area contributed by atoms with Gasteiger partial charge in [-0.05, 0) is 13.8 Å². The summed E-state index contributed by atoms with van der Waals surface area (Å²) in [5.41, 5.74) is 0. The maximum atomic E-state index is 11.2. The van der Waals surface area contributed by atoms with Gasteiger partial charge in [-0.3, -0.25) is 4.79 Å². The third kappa shape index (κ3) is 1.85. The lowest BCUT2D eigenvalue weighted by molar-refractivity contribution is -0.139. The van der Waals surface area contributed by atoms with E-state index in [9.17, 15) is 13.2 Å². The SMILES string of the molecule is C=CCS(=O)(=O)C(C)(C)C(=O)O. The molecule has 0 saturated heterocycles. The molecule has 0 aromatic heterocycles. The van der Waals surface area contributed by atoms with E-state index in [1.54, 1.807) is 0 Å². The Balaban J connectivity index is 5.02. The van der Waals surface area contributed by atoms with Gasteiger partial charge in [0.2, 0.25) is 0 Å². The van der Waals surface area contributed by atoms with Crippen LogP contribution in [0.4, 0.5) is 0 Å². The molecule has 12 heavy (non-hydrogen) atoms. The van der Waals surface area contributed by atoms with Crippen molar-refractivity contribution in [1.29, 1.82) is 0 Å². The van der Waals surface area contributed by atoms with Gasteiger partial charge in [0.1, 0.15) is 0 Å². The molecule has 0 aliphatic heterocycles. The molecule has 0 bridgehead atoms. The highest BCUT2D eigenvalue weighted by Gasteiger charge is 2.40. The van der Waals surface area contributed by atoms with Crippen LogP contribution in [0.25, 0.3) is 0 Å². The van der Waals surface area contributed by atoms with Gasteiger partial charge in [0.15, 0.2) is 14.6 Å². The van der Waals surface area contributed by atoms with Crippen molar-refractivity contribution in [3.05, 3.63) is 12.7 Å². The Morgan fingerprint density at radius 2 is 2.00 bits per heavy atom. The van der Waals surface area contributed by atoms with E-state index in [0.29, 0.717) is 0 Å². The summed E-state index contributed by atoms with van der Waals surface area (Å²) in [7, 11) is -3.63. The zero-order valence-electron chi connectivity index (χ0n) is 7.07. The number of hydrogen-bond acceptors (Lipinski definition) is 3. The zero-order chi connectivity index (χ0) is 9.99. The van der Waals surface area contributed by atoms with Crippen molar-refractivity contribution in [2.24, 2.45) is 0 Å². The van der Waals surface area contributed by atoms with Crippen molar-refractivity contribution in [2.45, 2.75) is 18.6 Å². The van der Waals surface area contributed by atoms with Crippen molar-refractivity contribution in [3.63, 3.8) is 0 Å². The van der Waals surface area contributed by atoms with E-state index in [-0.39, 0.29) is 5.75 Å². The maximum Gasteiger partial charge on any atom is 0.324 e. The van der Waals surface area contributed by atoms with Crippen LogP contribution >= 0.6 is 0 Å². The number of hydrogen-bond donors (Lipinski definition) is 1. The smallest absolute Gasteiger partial charge is 0.324 e. The monoisotopic (exact) mass is 192 g/mol. The van der Waals surface area contributed by atoms with Crippen molar-refractivity contribution >= 4 is 15.8 Å². The fourth-order valence-electron chi connectivity index (χ4n) is 0.497. The van der Waals surface area contributed by atoms with Crippen LogP contribution in [0.15, 0.2) is 12.7 Å². The van der Waals surface area contributed by atoms with E-state index in [0.717, 1.165) is 13.8 Å². The Morgan fingerprint density at radius 3 is 2.25 bits per heavy atom. The topological polar surface area (TPSA) is 71.4 Å². The molecule has 0 aromatic carbocycles. The lowest BCUT2D eigenvalue weighted by Crippen LogP contribution is -2.41. The molecule has 1 N–H and O–H groups in total. The van der Waals surface area contributed by atoms with E-state index in [1.165, 1.54) is 6.08 Å². The summed E-state index contributed by atoms with van der Waals surface area (Å²) in [4.78, 5) is 10.5. The van der Waals surface area contributed by atoms with Gasteiger partial charge in [-0.1, -0.05) is 6.08 Å². The molecule has 0 saturated carbocycles. The molecule has 0 atom stereocenters. The Kier molecular flexibility index (Phi) is 3.04. The Bertz CT molecular complexity index is 287. The summed E-state index contributed by atoms with van der Waals surface area (Å²) in [5.74, 6) is -1.66. The summed E-state index contributed by atoms with van der Waals surface area (Å²) in [6.45, 7) is 5.57. The number of rotatable bonds is 4. The fourth-order valence-corrected chi connectivity index (χ4v) is 1.49. The van der Waals surface area contributed by atoms with Crippen molar-refractivity contribution < 1.29 is 18.3 Å². The highest BCUT2D eigenvalue weighted by molar-refractivity contribution is 7.93. The molecule has 0 radical (unpaired) electrons. The van der Waals surface area contributed by atoms with Crippen LogP contribution in [0.2, 0.25) is 0 Å². The average Bonchev–Trinajstić information content (AvgIpc) is 1.86. The van der Waals surface area contributed by atoms with E-state index in [1.807, 2.05) is 0 Å². The average molecular weight is 192 g/mol. The van der Waals surface area contributed by atoms with Gasteiger partial charge >= 0.3 is 5.97 Å². The quantitative estimate of drug-likeness (QED) is 0.656. The largest absolute Gasteiger partial charge is 0.480 e. The van der Waals surface area contributed by atoms with Gasteiger partial charge < -0.3 is 5.11 Å². The second kappa shape index (κ2) is 3.26. The van der Waals surface area contributed by atoms with Gasteiger partial charge in [0.05, 0.1) is 5.75 Å². The molecular weight excluding hydrogens is 180 g/mol. The summed E-state index contributed by atoms with van der Waals surface area (Å²) in [6.07, 6.45) is 1.18. The van der Waals surface area contributed by atoms with Crippen LogP contribution in [-0.4, -0.2) is 30.0 Å². The first-order valence-corrected chi connectivity index (χ1v) is 4.97. The third-order valence-electron chi connectivity index (χ3n) is 1.63. The van der Waals surface area contributed by atoms with E-state index in [2.05, 4.69) is 6.58 Å². The molecule has 0 amide bonds. The summed E-state index contributed by atoms with van der Waals surface area (Å²) >= 11 is 0. The summed E-state index contributed by atoms with van der Waals surface area (Å²) < 4.78 is 20.7. The van der Waals surface area contributed by atoms with Gasteiger partial charge in [0.25, 0.3) is 0 Å². The highest BCUT2D eigenvalue weighted by Crippen LogP contribution is 2.17. The van der Waals surface area contributed by atoms with Crippen LogP contribution in [0.3, 0.4) is 0 Å². The number of aliphatic carboxylic acids is 1. The minimum atomic E-state index is -3.63. The fraction of sp³-hybridized carbons (Fsp3) is 0.571. The van der Waals surface area contributed by atoms with E-state index >= 15 is 0 Å². The number of carbonyl (C=O) groups is 1. The Hall–Kier alpha value is -0.840. The van der Waals surface area contributed by atoms with Gasteiger partial charge in [-0.2, -0.15) is 0 Å². The normalized spacial score (nSPS) is 12.5. The van der Waals surface area contributed by atoms with E-state index < -0.39 is 20.6 Å². The third-order valence-corrected chi connectivity index (χ3v) is 4.03. The molecule has 0 aliphatic rings. The predicted molar refractivity (Wildman–Crippen MR) is 45.7 cm³/mol. The molecule has 4 nitrogen and oxygen atoms in total. The molecule has 5 heteroatoms. The second-order valence-corrected chi connectivity index (χ2v) is 5.47. The van der Waals surface area contributed by atoms with Crippen molar-refractivity contribution in [3.8, 4) is 0 Å². The summed E-state index contributed by atoms with van der Waals surface area (Å²) in [5, 5.41) is 8.59. The van der Waals surface area contributed by atoms with Crippen molar-refractivity contribution in [2.75, 3.05) is 5.75 Å². The standard InChI is InChI=1S/C7H12O4S/c1-4-5-12(10,11)7(2,3)6(8)9/h4H,1,5H2,2-3H3,(H,8,9).